The molecule has 19 heavy (non-hydrogen) atoms. The van der Waals surface area contributed by atoms with Crippen molar-refractivity contribution in [1.29, 1.82) is 0 Å². The molecule has 104 valence electrons. The molecule has 0 aliphatic carbocycles. The Morgan fingerprint density at radius 2 is 2.05 bits per heavy atom. The van der Waals surface area contributed by atoms with Gasteiger partial charge in [0.05, 0.1) is 0 Å². The van der Waals surface area contributed by atoms with Crippen molar-refractivity contribution in [2.45, 2.75) is 45.2 Å². The van der Waals surface area contributed by atoms with Gasteiger partial charge in [0, 0.05) is 25.0 Å². The van der Waals surface area contributed by atoms with Crippen molar-refractivity contribution in [3.63, 3.8) is 0 Å². The second-order valence-electron chi connectivity index (χ2n) is 5.67. The number of piperidine rings is 1. The summed E-state index contributed by atoms with van der Waals surface area (Å²) in [6, 6.07) is 10.0. The van der Waals surface area contributed by atoms with Crippen molar-refractivity contribution in [3.05, 3.63) is 35.9 Å². The lowest BCUT2D eigenvalue weighted by molar-refractivity contribution is -0.136. The van der Waals surface area contributed by atoms with Crippen molar-refractivity contribution in [3.8, 4) is 0 Å². The molecular weight excluding hydrogens is 236 g/mol. The Morgan fingerprint density at radius 1 is 1.37 bits per heavy atom. The fourth-order valence-electron chi connectivity index (χ4n) is 2.81. The van der Waals surface area contributed by atoms with Crippen molar-refractivity contribution in [2.75, 3.05) is 6.54 Å². The fourth-order valence-corrected chi connectivity index (χ4v) is 2.81. The fraction of sp³-hybridized carbons (Fsp3) is 0.562. The first-order valence-electron chi connectivity index (χ1n) is 7.19. The lowest BCUT2D eigenvalue weighted by atomic mass is 9.91. The molecule has 1 amide bonds. The maximum atomic E-state index is 12.4. The van der Waals surface area contributed by atoms with Gasteiger partial charge >= 0.3 is 0 Å². The number of amides is 1. The van der Waals surface area contributed by atoms with E-state index in [9.17, 15) is 4.79 Å². The molecule has 1 aromatic carbocycles. The number of benzene rings is 1. The van der Waals surface area contributed by atoms with E-state index in [1.807, 2.05) is 35.2 Å². The SMILES string of the molecule is CC1CCCN(C(=O)CC(N)c2ccccc2)C1C. The molecule has 1 heterocycles. The van der Waals surface area contributed by atoms with Crippen LogP contribution in [-0.2, 0) is 4.79 Å². The van der Waals surface area contributed by atoms with Crippen LogP contribution in [-0.4, -0.2) is 23.4 Å². The number of carbonyl (C=O) groups is 1. The molecule has 2 N–H and O–H groups in total. The van der Waals surface area contributed by atoms with E-state index in [0.717, 1.165) is 18.5 Å². The van der Waals surface area contributed by atoms with Crippen molar-refractivity contribution in [1.82, 2.24) is 4.90 Å². The van der Waals surface area contributed by atoms with Gasteiger partial charge in [0.15, 0.2) is 0 Å². The van der Waals surface area contributed by atoms with Crippen LogP contribution >= 0.6 is 0 Å². The average molecular weight is 260 g/mol. The molecule has 1 saturated heterocycles. The molecule has 3 unspecified atom stereocenters. The molecule has 2 rings (SSSR count). The van der Waals surface area contributed by atoms with Gasteiger partial charge in [-0.25, -0.2) is 0 Å². The third-order valence-electron chi connectivity index (χ3n) is 4.32. The molecule has 1 aliphatic rings. The summed E-state index contributed by atoms with van der Waals surface area (Å²) in [5.41, 5.74) is 7.17. The van der Waals surface area contributed by atoms with Crippen LogP contribution in [0.4, 0.5) is 0 Å². The lowest BCUT2D eigenvalue weighted by Crippen LogP contribution is -2.46. The van der Waals surface area contributed by atoms with Crippen LogP contribution in [0.25, 0.3) is 0 Å². The largest absolute Gasteiger partial charge is 0.340 e. The summed E-state index contributed by atoms with van der Waals surface area (Å²) >= 11 is 0. The van der Waals surface area contributed by atoms with Gasteiger partial charge in [-0.05, 0) is 31.2 Å². The van der Waals surface area contributed by atoms with Crippen molar-refractivity contribution >= 4 is 5.91 Å². The standard InChI is InChI=1S/C16H24N2O/c1-12-7-6-10-18(13(12)2)16(19)11-15(17)14-8-4-3-5-9-14/h3-5,8-9,12-13,15H,6-7,10-11,17H2,1-2H3. The molecule has 1 aromatic rings. The molecule has 0 bridgehead atoms. The summed E-state index contributed by atoms with van der Waals surface area (Å²) < 4.78 is 0. The van der Waals surface area contributed by atoms with E-state index in [1.165, 1.54) is 6.42 Å². The predicted molar refractivity (Wildman–Crippen MR) is 77.6 cm³/mol. The monoisotopic (exact) mass is 260 g/mol. The lowest BCUT2D eigenvalue weighted by Gasteiger charge is -2.38. The molecule has 0 spiro atoms. The van der Waals surface area contributed by atoms with Crippen LogP contribution in [0.5, 0.6) is 0 Å². The quantitative estimate of drug-likeness (QED) is 0.908. The molecule has 1 aliphatic heterocycles. The van der Waals surface area contributed by atoms with Gasteiger partial charge in [-0.2, -0.15) is 0 Å². The summed E-state index contributed by atoms with van der Waals surface area (Å²) in [4.78, 5) is 14.4. The summed E-state index contributed by atoms with van der Waals surface area (Å²) in [5.74, 6) is 0.779. The van der Waals surface area contributed by atoms with Crippen LogP contribution < -0.4 is 5.73 Å². The maximum absolute atomic E-state index is 12.4. The zero-order valence-corrected chi connectivity index (χ0v) is 11.9. The summed E-state index contributed by atoms with van der Waals surface area (Å²) in [6.45, 7) is 5.25. The second-order valence-corrected chi connectivity index (χ2v) is 5.67. The number of hydrogen-bond donors (Lipinski definition) is 1. The van der Waals surface area contributed by atoms with Gasteiger partial charge in [0.1, 0.15) is 0 Å². The Kier molecular flexibility index (Phi) is 4.59. The number of likely N-dealkylation sites (tertiary alicyclic amines) is 1. The molecule has 0 radical (unpaired) electrons. The van der Waals surface area contributed by atoms with Gasteiger partial charge in [0.25, 0.3) is 0 Å². The molecule has 0 aromatic heterocycles. The Hall–Kier alpha value is -1.35. The minimum atomic E-state index is -0.196. The predicted octanol–water partition coefficient (Wildman–Crippen LogP) is 2.72. The first-order chi connectivity index (χ1) is 9.09. The van der Waals surface area contributed by atoms with Crippen LogP contribution in [0.3, 0.4) is 0 Å². The van der Waals surface area contributed by atoms with Crippen LogP contribution in [0.15, 0.2) is 30.3 Å². The van der Waals surface area contributed by atoms with Gasteiger partial charge in [-0.15, -0.1) is 0 Å². The minimum Gasteiger partial charge on any atom is -0.340 e. The zero-order chi connectivity index (χ0) is 13.8. The van der Waals surface area contributed by atoms with Crippen molar-refractivity contribution in [2.24, 2.45) is 11.7 Å². The topological polar surface area (TPSA) is 46.3 Å². The smallest absolute Gasteiger partial charge is 0.224 e. The summed E-state index contributed by atoms with van der Waals surface area (Å²) in [6.07, 6.45) is 2.73. The molecule has 1 fully saturated rings. The summed E-state index contributed by atoms with van der Waals surface area (Å²) in [7, 11) is 0. The van der Waals surface area contributed by atoms with Gasteiger partial charge in [-0.1, -0.05) is 37.3 Å². The number of rotatable bonds is 3. The van der Waals surface area contributed by atoms with E-state index in [1.54, 1.807) is 0 Å². The number of carbonyl (C=O) groups excluding carboxylic acids is 1. The van der Waals surface area contributed by atoms with E-state index < -0.39 is 0 Å². The van der Waals surface area contributed by atoms with E-state index in [0.29, 0.717) is 18.4 Å². The number of hydrogen-bond acceptors (Lipinski definition) is 2. The molecule has 0 saturated carbocycles. The van der Waals surface area contributed by atoms with Gasteiger partial charge < -0.3 is 10.6 Å². The third kappa shape index (κ3) is 3.35. The molecule has 3 heteroatoms. The molecule has 3 atom stereocenters. The number of nitrogens with zero attached hydrogens (tertiary/aromatic N) is 1. The number of nitrogens with two attached hydrogens (primary N) is 1. The average Bonchev–Trinajstić information content (AvgIpc) is 2.42. The highest BCUT2D eigenvalue weighted by Gasteiger charge is 2.29. The van der Waals surface area contributed by atoms with Gasteiger partial charge in [0.2, 0.25) is 5.91 Å². The molecule has 3 nitrogen and oxygen atoms in total. The Bertz CT molecular complexity index is 418. The highest BCUT2D eigenvalue weighted by Crippen LogP contribution is 2.25. The van der Waals surface area contributed by atoms with Crippen molar-refractivity contribution < 1.29 is 4.79 Å². The summed E-state index contributed by atoms with van der Waals surface area (Å²) in [5, 5.41) is 0. The Balaban J connectivity index is 1.97. The van der Waals surface area contributed by atoms with Crippen LogP contribution in [0.1, 0.15) is 44.7 Å². The minimum absolute atomic E-state index is 0.190. The van der Waals surface area contributed by atoms with Crippen LogP contribution in [0.2, 0.25) is 0 Å². The molecular formula is C16H24N2O. The normalized spacial score (nSPS) is 25.1. The first kappa shape index (κ1) is 14.1. The highest BCUT2D eigenvalue weighted by atomic mass is 16.2. The zero-order valence-electron chi connectivity index (χ0n) is 11.9. The van der Waals surface area contributed by atoms with E-state index in [2.05, 4.69) is 13.8 Å². The van der Waals surface area contributed by atoms with Crippen LogP contribution in [0, 0.1) is 5.92 Å². The van der Waals surface area contributed by atoms with Gasteiger partial charge in [-0.3, -0.25) is 4.79 Å². The first-order valence-corrected chi connectivity index (χ1v) is 7.19. The Labute approximate surface area is 115 Å². The highest BCUT2D eigenvalue weighted by molar-refractivity contribution is 5.77. The Morgan fingerprint density at radius 3 is 2.74 bits per heavy atom. The van der Waals surface area contributed by atoms with E-state index in [4.69, 9.17) is 5.73 Å². The van der Waals surface area contributed by atoms with E-state index >= 15 is 0 Å². The van der Waals surface area contributed by atoms with E-state index in [-0.39, 0.29) is 11.9 Å². The maximum Gasteiger partial charge on any atom is 0.224 e. The second kappa shape index (κ2) is 6.20. The third-order valence-corrected chi connectivity index (χ3v) is 4.32.